The van der Waals surface area contributed by atoms with Gasteiger partial charge in [-0.2, -0.15) is 0 Å². The topological polar surface area (TPSA) is 107 Å². The van der Waals surface area contributed by atoms with E-state index in [2.05, 4.69) is 5.32 Å². The molecule has 1 amide bonds. The lowest BCUT2D eigenvalue weighted by Gasteiger charge is -2.25. The van der Waals surface area contributed by atoms with Crippen LogP contribution in [-0.2, 0) is 16.0 Å². The molecule has 1 unspecified atom stereocenters. The SMILES string of the molecule is CCCCC(C(=O)N[C@@H](CC(=O)O)c1ccc2c(c1)OCO2)n1cc(C)cc(Cc2ccccc2Cl)c1=O. The van der Waals surface area contributed by atoms with Gasteiger partial charge in [-0.15, -0.1) is 0 Å². The Hall–Kier alpha value is -3.78. The van der Waals surface area contributed by atoms with Crippen molar-refractivity contribution in [2.75, 3.05) is 6.79 Å². The van der Waals surface area contributed by atoms with E-state index in [0.717, 1.165) is 17.5 Å². The van der Waals surface area contributed by atoms with Gasteiger partial charge in [0.2, 0.25) is 12.7 Å². The summed E-state index contributed by atoms with van der Waals surface area (Å²) < 4.78 is 12.3. The zero-order valence-corrected chi connectivity index (χ0v) is 22.2. The Balaban J connectivity index is 1.66. The largest absolute Gasteiger partial charge is 0.481 e. The van der Waals surface area contributed by atoms with Gasteiger partial charge in [-0.3, -0.25) is 14.4 Å². The monoisotopic (exact) mass is 538 g/mol. The van der Waals surface area contributed by atoms with Gasteiger partial charge in [0.15, 0.2) is 11.5 Å². The lowest BCUT2D eigenvalue weighted by molar-refractivity contribution is -0.138. The number of benzene rings is 2. The Labute approximate surface area is 226 Å². The Morgan fingerprint density at radius 1 is 1.11 bits per heavy atom. The standard InChI is InChI=1S/C29H31ClN2O6/c1-3-4-9-24(32-16-18(2)12-21(29(32)36)13-19-7-5-6-8-22(19)30)28(35)31-23(15-27(33)34)20-10-11-25-26(14-20)38-17-37-25/h5-8,10-12,14,16,23-24H,3-4,9,13,15,17H2,1-2H3,(H,31,35)(H,33,34)/t23-,24?/m0/s1. The maximum Gasteiger partial charge on any atom is 0.305 e. The lowest BCUT2D eigenvalue weighted by atomic mass is 10.0. The molecule has 0 saturated heterocycles. The molecule has 0 saturated carbocycles. The highest BCUT2D eigenvalue weighted by atomic mass is 35.5. The molecule has 1 aliphatic rings. The number of fused-ring (bicyclic) bond motifs is 1. The fourth-order valence-electron chi connectivity index (χ4n) is 4.64. The third-order valence-corrected chi connectivity index (χ3v) is 6.93. The van der Waals surface area contributed by atoms with Crippen LogP contribution in [-0.4, -0.2) is 28.3 Å². The summed E-state index contributed by atoms with van der Waals surface area (Å²) in [5.41, 5.74) is 2.49. The Kier molecular flexibility index (Phi) is 8.73. The van der Waals surface area contributed by atoms with Gasteiger partial charge in [0.05, 0.1) is 12.5 Å². The van der Waals surface area contributed by atoms with Crippen LogP contribution in [0.25, 0.3) is 0 Å². The quantitative estimate of drug-likeness (QED) is 0.348. The van der Waals surface area contributed by atoms with E-state index in [9.17, 15) is 19.5 Å². The molecule has 0 fully saturated rings. The van der Waals surface area contributed by atoms with E-state index >= 15 is 0 Å². The number of hydrogen-bond acceptors (Lipinski definition) is 5. The van der Waals surface area contributed by atoms with Crippen LogP contribution in [0.5, 0.6) is 11.5 Å². The highest BCUT2D eigenvalue weighted by Gasteiger charge is 2.27. The number of nitrogens with one attached hydrogen (secondary N) is 1. The minimum Gasteiger partial charge on any atom is -0.481 e. The van der Waals surface area contributed by atoms with Gasteiger partial charge in [0.25, 0.3) is 5.56 Å². The molecule has 0 aliphatic carbocycles. The Morgan fingerprint density at radius 3 is 2.61 bits per heavy atom. The number of aromatic nitrogens is 1. The number of carboxylic acids is 1. The van der Waals surface area contributed by atoms with E-state index in [0.29, 0.717) is 46.9 Å². The van der Waals surface area contributed by atoms with E-state index in [1.54, 1.807) is 30.5 Å². The number of carbonyl (C=O) groups excluding carboxylic acids is 1. The van der Waals surface area contributed by atoms with Crippen molar-refractivity contribution >= 4 is 23.5 Å². The second-order valence-corrected chi connectivity index (χ2v) is 9.86. The number of aryl methyl sites for hydroxylation is 1. The first-order valence-electron chi connectivity index (χ1n) is 12.6. The van der Waals surface area contributed by atoms with Gasteiger partial charge >= 0.3 is 5.97 Å². The summed E-state index contributed by atoms with van der Waals surface area (Å²) in [5.74, 6) is -0.423. The fraction of sp³-hybridized carbons (Fsp3) is 0.345. The average molecular weight is 539 g/mol. The second-order valence-electron chi connectivity index (χ2n) is 9.45. The summed E-state index contributed by atoms with van der Waals surface area (Å²) in [6.07, 6.45) is 3.67. The molecule has 1 aliphatic heterocycles. The van der Waals surface area contributed by atoms with Crippen LogP contribution in [0.3, 0.4) is 0 Å². The minimum absolute atomic E-state index is 0.0840. The second kappa shape index (κ2) is 12.2. The van der Waals surface area contributed by atoms with Gasteiger partial charge in [0, 0.05) is 23.2 Å². The molecule has 2 atom stereocenters. The van der Waals surface area contributed by atoms with Gasteiger partial charge < -0.3 is 24.5 Å². The molecule has 0 radical (unpaired) electrons. The van der Waals surface area contributed by atoms with Crippen molar-refractivity contribution in [2.45, 2.75) is 58.0 Å². The number of pyridine rings is 1. The van der Waals surface area contributed by atoms with Crippen molar-refractivity contribution in [2.24, 2.45) is 0 Å². The molecule has 2 aromatic carbocycles. The van der Waals surface area contributed by atoms with Crippen molar-refractivity contribution in [1.29, 1.82) is 0 Å². The molecule has 1 aromatic heterocycles. The predicted octanol–water partition coefficient (Wildman–Crippen LogP) is 5.19. The molecule has 2 heterocycles. The van der Waals surface area contributed by atoms with Crippen molar-refractivity contribution in [3.8, 4) is 11.5 Å². The van der Waals surface area contributed by atoms with Crippen LogP contribution >= 0.6 is 11.6 Å². The van der Waals surface area contributed by atoms with Crippen LogP contribution < -0.4 is 20.3 Å². The highest BCUT2D eigenvalue weighted by molar-refractivity contribution is 6.31. The molecule has 2 N–H and O–H groups in total. The first-order valence-corrected chi connectivity index (χ1v) is 13.0. The number of carbonyl (C=O) groups is 2. The summed E-state index contributed by atoms with van der Waals surface area (Å²) in [7, 11) is 0. The molecule has 200 valence electrons. The number of carboxylic acid groups (broad SMARTS) is 1. The van der Waals surface area contributed by atoms with Crippen molar-refractivity contribution < 1.29 is 24.2 Å². The number of aliphatic carboxylic acids is 1. The van der Waals surface area contributed by atoms with E-state index in [1.165, 1.54) is 4.57 Å². The molecule has 0 bridgehead atoms. The molecule has 9 heteroatoms. The van der Waals surface area contributed by atoms with Gasteiger partial charge in [-0.1, -0.05) is 55.6 Å². The van der Waals surface area contributed by atoms with Gasteiger partial charge in [-0.25, -0.2) is 0 Å². The Bertz CT molecular complexity index is 1390. The van der Waals surface area contributed by atoms with E-state index in [1.807, 2.05) is 38.1 Å². The number of nitrogens with zero attached hydrogens (tertiary/aromatic N) is 1. The smallest absolute Gasteiger partial charge is 0.305 e. The predicted molar refractivity (Wildman–Crippen MR) is 144 cm³/mol. The summed E-state index contributed by atoms with van der Waals surface area (Å²) in [6, 6.07) is 12.6. The summed E-state index contributed by atoms with van der Waals surface area (Å²) in [5, 5.41) is 13.0. The number of amides is 1. The molecule has 0 spiro atoms. The van der Waals surface area contributed by atoms with E-state index in [4.69, 9.17) is 21.1 Å². The molecule has 8 nitrogen and oxygen atoms in total. The maximum absolute atomic E-state index is 13.7. The maximum atomic E-state index is 13.7. The van der Waals surface area contributed by atoms with E-state index in [-0.39, 0.29) is 18.8 Å². The first-order chi connectivity index (χ1) is 18.3. The molecule has 38 heavy (non-hydrogen) atoms. The number of ether oxygens (including phenoxy) is 2. The molecule has 3 aromatic rings. The number of unbranched alkanes of at least 4 members (excludes halogenated alkanes) is 1. The van der Waals surface area contributed by atoms with Crippen molar-refractivity contribution in [3.05, 3.63) is 92.4 Å². The number of hydrogen-bond donors (Lipinski definition) is 2. The van der Waals surface area contributed by atoms with Crippen LogP contribution in [0, 0.1) is 6.92 Å². The van der Waals surface area contributed by atoms with Crippen LogP contribution in [0.15, 0.2) is 59.5 Å². The fourth-order valence-corrected chi connectivity index (χ4v) is 4.84. The zero-order valence-electron chi connectivity index (χ0n) is 21.4. The van der Waals surface area contributed by atoms with Gasteiger partial charge in [-0.05, 0) is 54.3 Å². The van der Waals surface area contributed by atoms with E-state index < -0.39 is 24.0 Å². The van der Waals surface area contributed by atoms with Crippen molar-refractivity contribution in [1.82, 2.24) is 9.88 Å². The first kappa shape index (κ1) is 27.3. The molecular formula is C29H31ClN2O6. The highest BCUT2D eigenvalue weighted by Crippen LogP contribution is 2.35. The number of halogens is 1. The summed E-state index contributed by atoms with van der Waals surface area (Å²) >= 11 is 6.34. The van der Waals surface area contributed by atoms with Crippen molar-refractivity contribution in [3.63, 3.8) is 0 Å². The number of rotatable bonds is 11. The third kappa shape index (κ3) is 6.37. The summed E-state index contributed by atoms with van der Waals surface area (Å²) in [4.78, 5) is 39.0. The van der Waals surface area contributed by atoms with Gasteiger partial charge in [0.1, 0.15) is 6.04 Å². The van der Waals surface area contributed by atoms with Crippen LogP contribution in [0.2, 0.25) is 5.02 Å². The minimum atomic E-state index is -1.06. The Morgan fingerprint density at radius 2 is 1.87 bits per heavy atom. The molecular weight excluding hydrogens is 508 g/mol. The molecule has 4 rings (SSSR count). The van der Waals surface area contributed by atoms with Crippen LogP contribution in [0.1, 0.15) is 66.9 Å². The zero-order chi connectivity index (χ0) is 27.2. The third-order valence-electron chi connectivity index (χ3n) is 6.56. The lowest BCUT2D eigenvalue weighted by Crippen LogP contribution is -2.40. The van der Waals surface area contributed by atoms with Crippen LogP contribution in [0.4, 0.5) is 0 Å². The average Bonchev–Trinajstić information content (AvgIpc) is 3.35. The normalized spacial score (nSPS) is 13.7. The summed E-state index contributed by atoms with van der Waals surface area (Å²) in [6.45, 7) is 3.97.